The standard InChI is InChI=1S/C42H58N4O6/c1-9-14-28(38(50)39(51)45-26(2)27-15-11-10-12-16-27)21-36(49)37-30-18-13-17-29(30)25-46(37)40(52)32(42(6,7)8)23-34(47)31(41(3,4)5)22-35(48)33-24-43-19-20-44-33/h10-12,15-16,19-20,24,26,28-32,37H,9,13-14,17-18,21-23,25H2,1-8H3,(H,45,51)/t26-,28+,29-,30-,31+,32+,37-/m0/s1. The number of aromatic nitrogens is 2. The van der Waals surface area contributed by atoms with Gasteiger partial charge in [0.1, 0.15) is 11.5 Å². The number of fused-ring (bicyclic) bond motifs is 1. The molecule has 2 aliphatic rings. The topological polar surface area (TPSA) is 143 Å². The van der Waals surface area contributed by atoms with Crippen molar-refractivity contribution in [3.05, 3.63) is 60.2 Å². The lowest BCUT2D eigenvalue weighted by atomic mass is 9.70. The molecule has 0 bridgehead atoms. The van der Waals surface area contributed by atoms with E-state index < -0.39 is 46.3 Å². The lowest BCUT2D eigenvalue weighted by Gasteiger charge is -2.37. The van der Waals surface area contributed by atoms with Crippen molar-refractivity contribution >= 4 is 34.9 Å². The monoisotopic (exact) mass is 714 g/mol. The number of ketones is 4. The summed E-state index contributed by atoms with van der Waals surface area (Å²) in [5.41, 5.74) is -0.114. The quantitative estimate of drug-likeness (QED) is 0.148. The summed E-state index contributed by atoms with van der Waals surface area (Å²) < 4.78 is 0. The van der Waals surface area contributed by atoms with E-state index in [2.05, 4.69) is 15.3 Å². The zero-order valence-corrected chi connectivity index (χ0v) is 32.3. The first-order chi connectivity index (χ1) is 24.4. The number of hydrogen-bond donors (Lipinski definition) is 1. The van der Waals surface area contributed by atoms with Gasteiger partial charge >= 0.3 is 0 Å². The van der Waals surface area contributed by atoms with Gasteiger partial charge < -0.3 is 10.2 Å². The van der Waals surface area contributed by atoms with E-state index in [0.717, 1.165) is 24.8 Å². The molecule has 10 heteroatoms. The molecule has 10 nitrogen and oxygen atoms in total. The van der Waals surface area contributed by atoms with Gasteiger partial charge in [0.15, 0.2) is 11.6 Å². The third kappa shape index (κ3) is 9.86. The molecule has 1 saturated heterocycles. The Morgan fingerprint density at radius 1 is 0.885 bits per heavy atom. The van der Waals surface area contributed by atoms with Crippen LogP contribution in [0.1, 0.15) is 129 Å². The second kappa shape index (κ2) is 17.2. The van der Waals surface area contributed by atoms with E-state index in [4.69, 9.17) is 0 Å². The second-order valence-electron chi connectivity index (χ2n) is 17.1. The first kappa shape index (κ1) is 40.7. The molecule has 0 unspecified atom stereocenters. The van der Waals surface area contributed by atoms with Crippen LogP contribution in [0.25, 0.3) is 0 Å². The van der Waals surface area contributed by atoms with Crippen molar-refractivity contribution in [2.45, 2.75) is 119 Å². The summed E-state index contributed by atoms with van der Waals surface area (Å²) in [6, 6.07) is 8.30. The first-order valence-electron chi connectivity index (χ1n) is 19.0. The maximum absolute atomic E-state index is 14.7. The highest BCUT2D eigenvalue weighted by Gasteiger charge is 2.52. The Hall–Kier alpha value is -4.08. The number of nitrogens with one attached hydrogen (secondary N) is 1. The molecular formula is C42H58N4O6. The molecule has 1 aromatic carbocycles. The zero-order valence-electron chi connectivity index (χ0n) is 32.3. The van der Waals surface area contributed by atoms with E-state index in [1.807, 2.05) is 85.7 Å². The molecule has 282 valence electrons. The van der Waals surface area contributed by atoms with Crippen molar-refractivity contribution < 1.29 is 28.8 Å². The van der Waals surface area contributed by atoms with E-state index in [1.54, 1.807) is 4.90 Å². The van der Waals surface area contributed by atoms with E-state index >= 15 is 0 Å². The van der Waals surface area contributed by atoms with Gasteiger partial charge in [-0.25, -0.2) is 4.98 Å². The zero-order chi connectivity index (χ0) is 38.4. The van der Waals surface area contributed by atoms with Crippen LogP contribution in [-0.2, 0) is 24.0 Å². The van der Waals surface area contributed by atoms with Crippen molar-refractivity contribution in [3.8, 4) is 0 Å². The first-order valence-corrected chi connectivity index (χ1v) is 19.0. The summed E-state index contributed by atoms with van der Waals surface area (Å²) in [5.74, 6) is -4.26. The average Bonchev–Trinajstić information content (AvgIpc) is 3.70. The second-order valence-corrected chi connectivity index (χ2v) is 17.1. The van der Waals surface area contributed by atoms with Gasteiger partial charge in [0.05, 0.1) is 18.3 Å². The van der Waals surface area contributed by atoms with Crippen LogP contribution in [0.5, 0.6) is 0 Å². The Labute approximate surface area is 309 Å². The van der Waals surface area contributed by atoms with Crippen molar-refractivity contribution in [2.24, 2.45) is 40.4 Å². The number of hydrogen-bond acceptors (Lipinski definition) is 8. The summed E-state index contributed by atoms with van der Waals surface area (Å²) in [6.45, 7) is 15.7. The number of benzene rings is 1. The van der Waals surface area contributed by atoms with Crippen LogP contribution in [-0.4, -0.2) is 62.4 Å². The minimum atomic E-state index is -0.794. The van der Waals surface area contributed by atoms with Crippen molar-refractivity contribution in [1.29, 1.82) is 0 Å². The Balaban J connectivity index is 1.54. The number of Topliss-reactive ketones (excluding diaryl/α,β-unsaturated/α-hetero) is 4. The molecule has 1 aliphatic carbocycles. The molecule has 2 heterocycles. The average molecular weight is 715 g/mol. The summed E-state index contributed by atoms with van der Waals surface area (Å²) in [4.78, 5) is 93.0. The highest BCUT2D eigenvalue weighted by atomic mass is 16.2. The third-order valence-corrected chi connectivity index (χ3v) is 11.3. The molecular weight excluding hydrogens is 656 g/mol. The number of likely N-dealkylation sites (tertiary alicyclic amines) is 1. The Bertz CT molecular complexity index is 1600. The normalized spacial score (nSPS) is 21.1. The third-order valence-electron chi connectivity index (χ3n) is 11.3. The molecule has 1 aromatic heterocycles. The Kier molecular flexibility index (Phi) is 13.4. The van der Waals surface area contributed by atoms with Crippen molar-refractivity contribution in [1.82, 2.24) is 20.2 Å². The maximum Gasteiger partial charge on any atom is 0.288 e. The van der Waals surface area contributed by atoms with E-state index in [0.29, 0.717) is 19.4 Å². The van der Waals surface area contributed by atoms with Crippen LogP contribution in [0.15, 0.2) is 48.9 Å². The van der Waals surface area contributed by atoms with E-state index in [9.17, 15) is 28.8 Å². The van der Waals surface area contributed by atoms with Gasteiger partial charge in [0, 0.05) is 56.0 Å². The molecule has 2 amide bonds. The van der Waals surface area contributed by atoms with Crippen molar-refractivity contribution in [3.63, 3.8) is 0 Å². The minimum Gasteiger partial charge on any atom is -0.343 e. The lowest BCUT2D eigenvalue weighted by molar-refractivity contribution is -0.148. The highest BCUT2D eigenvalue weighted by molar-refractivity contribution is 6.37. The summed E-state index contributed by atoms with van der Waals surface area (Å²) in [6.07, 6.45) is 7.77. The maximum atomic E-state index is 14.7. The number of carbonyl (C=O) groups excluding carboxylic acids is 6. The Morgan fingerprint density at radius 3 is 2.15 bits per heavy atom. The summed E-state index contributed by atoms with van der Waals surface area (Å²) >= 11 is 0. The lowest BCUT2D eigenvalue weighted by Crippen LogP contribution is -2.50. The summed E-state index contributed by atoms with van der Waals surface area (Å²) in [5, 5.41) is 2.81. The fourth-order valence-electron chi connectivity index (χ4n) is 8.20. The minimum absolute atomic E-state index is 0.0241. The summed E-state index contributed by atoms with van der Waals surface area (Å²) in [7, 11) is 0. The molecule has 52 heavy (non-hydrogen) atoms. The van der Waals surface area contributed by atoms with Gasteiger partial charge in [-0.2, -0.15) is 0 Å². The fraction of sp³-hybridized carbons (Fsp3) is 0.619. The number of rotatable bonds is 16. The molecule has 7 atom stereocenters. The van der Waals surface area contributed by atoms with Gasteiger partial charge in [-0.15, -0.1) is 0 Å². The van der Waals surface area contributed by atoms with Crippen LogP contribution in [0.4, 0.5) is 0 Å². The number of nitrogens with zero attached hydrogens (tertiary/aromatic N) is 3. The van der Waals surface area contributed by atoms with Crippen LogP contribution in [0.3, 0.4) is 0 Å². The van der Waals surface area contributed by atoms with Gasteiger partial charge in [0.2, 0.25) is 11.7 Å². The van der Waals surface area contributed by atoms with Gasteiger partial charge in [-0.05, 0) is 54.4 Å². The molecule has 2 aromatic rings. The smallest absolute Gasteiger partial charge is 0.288 e. The van der Waals surface area contributed by atoms with Crippen LogP contribution < -0.4 is 5.32 Å². The molecule has 1 aliphatic heterocycles. The number of carbonyl (C=O) groups is 6. The SMILES string of the molecule is CCC[C@H](CC(=O)[C@@H]1[C@H]2CCC[C@H]2CN1C(=O)[C@@H](CC(=O)[C@@H](CC(=O)c1cnccn1)C(C)(C)C)C(C)(C)C)C(=O)C(=O)N[C@@H](C)c1ccccc1. The molecule has 1 saturated carbocycles. The van der Waals surface area contributed by atoms with E-state index in [-0.39, 0.29) is 66.1 Å². The molecule has 4 rings (SSSR count). The van der Waals surface area contributed by atoms with Gasteiger partial charge in [0.25, 0.3) is 5.91 Å². The van der Waals surface area contributed by atoms with Crippen LogP contribution in [0.2, 0.25) is 0 Å². The largest absolute Gasteiger partial charge is 0.343 e. The van der Waals surface area contributed by atoms with Crippen LogP contribution in [0, 0.1) is 40.4 Å². The molecule has 0 spiro atoms. The molecule has 2 fully saturated rings. The molecule has 0 radical (unpaired) electrons. The predicted molar refractivity (Wildman–Crippen MR) is 199 cm³/mol. The fourth-order valence-corrected chi connectivity index (χ4v) is 8.20. The highest BCUT2D eigenvalue weighted by Crippen LogP contribution is 2.45. The van der Waals surface area contributed by atoms with Gasteiger partial charge in [-0.3, -0.25) is 33.8 Å². The number of amides is 2. The Morgan fingerprint density at radius 2 is 1.56 bits per heavy atom. The molecule has 1 N–H and O–H groups in total. The van der Waals surface area contributed by atoms with Crippen LogP contribution >= 0.6 is 0 Å². The van der Waals surface area contributed by atoms with Gasteiger partial charge in [-0.1, -0.05) is 91.6 Å². The van der Waals surface area contributed by atoms with E-state index in [1.165, 1.54) is 18.6 Å². The predicted octanol–water partition coefficient (Wildman–Crippen LogP) is 6.78. The van der Waals surface area contributed by atoms with Crippen molar-refractivity contribution in [2.75, 3.05) is 6.54 Å².